The highest BCUT2D eigenvalue weighted by molar-refractivity contribution is 5.69. The predicted molar refractivity (Wildman–Crippen MR) is 202 cm³/mol. The molecular formula is C41H82N2O4. The molecule has 2 atom stereocenters. The van der Waals surface area contributed by atoms with E-state index in [4.69, 9.17) is 9.47 Å². The Hall–Kier alpha value is -1.14. The summed E-state index contributed by atoms with van der Waals surface area (Å²) in [6.45, 7) is 12.5. The van der Waals surface area contributed by atoms with E-state index in [0.717, 1.165) is 84.0 Å². The van der Waals surface area contributed by atoms with Gasteiger partial charge in [-0.25, -0.2) is 0 Å². The summed E-state index contributed by atoms with van der Waals surface area (Å²) >= 11 is 0. The molecule has 0 aliphatic rings. The molecule has 0 aromatic carbocycles. The Morgan fingerprint density at radius 2 is 0.723 bits per heavy atom. The van der Waals surface area contributed by atoms with Gasteiger partial charge in [0.1, 0.15) is 12.2 Å². The monoisotopic (exact) mass is 667 g/mol. The van der Waals surface area contributed by atoms with Gasteiger partial charge in [-0.15, -0.1) is 0 Å². The molecule has 2 unspecified atom stereocenters. The highest BCUT2D eigenvalue weighted by atomic mass is 16.5. The lowest BCUT2D eigenvalue weighted by Gasteiger charge is -2.27. The molecule has 0 rings (SSSR count). The molecule has 47 heavy (non-hydrogen) atoms. The van der Waals surface area contributed by atoms with Crippen LogP contribution in [0.4, 0.5) is 0 Å². The highest BCUT2D eigenvalue weighted by Gasteiger charge is 2.19. The van der Waals surface area contributed by atoms with Crippen molar-refractivity contribution in [1.82, 2.24) is 9.80 Å². The highest BCUT2D eigenvalue weighted by Crippen LogP contribution is 2.16. The van der Waals surface area contributed by atoms with Crippen LogP contribution in [0.25, 0.3) is 0 Å². The van der Waals surface area contributed by atoms with Gasteiger partial charge < -0.3 is 19.3 Å². The van der Waals surface area contributed by atoms with Crippen LogP contribution in [-0.4, -0.2) is 74.2 Å². The molecule has 0 aliphatic carbocycles. The number of carbonyl (C=O) groups is 2. The second-order valence-corrected chi connectivity index (χ2v) is 14.5. The van der Waals surface area contributed by atoms with Crippen molar-refractivity contribution in [2.45, 2.75) is 213 Å². The quantitative estimate of drug-likeness (QED) is 0.0490. The minimum atomic E-state index is -0.0184. The van der Waals surface area contributed by atoms with E-state index in [0.29, 0.717) is 12.8 Å². The molecule has 0 aliphatic heterocycles. The predicted octanol–water partition coefficient (Wildman–Crippen LogP) is 11.3. The Morgan fingerprint density at radius 3 is 1.06 bits per heavy atom. The van der Waals surface area contributed by atoms with E-state index in [1.54, 1.807) is 0 Å². The number of nitrogens with zero attached hydrogens (tertiary/aromatic N) is 2. The second-order valence-electron chi connectivity index (χ2n) is 14.5. The van der Waals surface area contributed by atoms with Gasteiger partial charge in [0.15, 0.2) is 0 Å². The summed E-state index contributed by atoms with van der Waals surface area (Å²) in [6, 6.07) is 0. The Balaban J connectivity index is 4.76. The zero-order valence-corrected chi connectivity index (χ0v) is 32.6. The minimum Gasteiger partial charge on any atom is -0.461 e. The maximum Gasteiger partial charge on any atom is 0.306 e. The van der Waals surface area contributed by atoms with E-state index in [9.17, 15) is 9.59 Å². The Bertz CT molecular complexity index is 632. The average Bonchev–Trinajstić information content (AvgIpc) is 3.04. The molecule has 6 nitrogen and oxygen atoms in total. The van der Waals surface area contributed by atoms with Gasteiger partial charge in [-0.2, -0.15) is 0 Å². The minimum absolute atomic E-state index is 0.0162. The van der Waals surface area contributed by atoms with Crippen molar-refractivity contribution in [3.8, 4) is 0 Å². The van der Waals surface area contributed by atoms with Crippen LogP contribution in [0.5, 0.6) is 0 Å². The number of unbranched alkanes of at least 4 members (excludes halogenated alkanes) is 18. The van der Waals surface area contributed by atoms with Crippen LogP contribution < -0.4 is 0 Å². The molecule has 0 heterocycles. The van der Waals surface area contributed by atoms with E-state index < -0.39 is 0 Å². The van der Waals surface area contributed by atoms with Crippen LogP contribution >= 0.6 is 0 Å². The van der Waals surface area contributed by atoms with Crippen molar-refractivity contribution < 1.29 is 19.1 Å². The number of rotatable bonds is 36. The first kappa shape index (κ1) is 45.9. The number of esters is 2. The Labute approximate surface area is 293 Å². The van der Waals surface area contributed by atoms with Crippen molar-refractivity contribution in [1.29, 1.82) is 0 Å². The third-order valence-electron chi connectivity index (χ3n) is 9.43. The first-order valence-corrected chi connectivity index (χ1v) is 20.6. The van der Waals surface area contributed by atoms with E-state index >= 15 is 0 Å². The van der Waals surface area contributed by atoms with Crippen LogP contribution in [-0.2, 0) is 19.1 Å². The van der Waals surface area contributed by atoms with E-state index in [1.807, 2.05) is 0 Å². The zero-order valence-electron chi connectivity index (χ0n) is 32.6. The fourth-order valence-electron chi connectivity index (χ4n) is 6.40. The molecule has 6 heteroatoms. The topological polar surface area (TPSA) is 59.1 Å². The lowest BCUT2D eigenvalue weighted by atomic mass is 10.1. The average molecular weight is 667 g/mol. The summed E-state index contributed by atoms with van der Waals surface area (Å²) < 4.78 is 12.1. The molecule has 0 spiro atoms. The molecule has 0 bridgehead atoms. The fraction of sp³-hybridized carbons (Fsp3) is 0.951. The summed E-state index contributed by atoms with van der Waals surface area (Å²) in [6.07, 6.45) is 30.6. The van der Waals surface area contributed by atoms with Crippen LogP contribution in [0.3, 0.4) is 0 Å². The maximum atomic E-state index is 12.7. The molecule has 0 fully saturated rings. The van der Waals surface area contributed by atoms with Crippen molar-refractivity contribution >= 4 is 11.9 Å². The summed E-state index contributed by atoms with van der Waals surface area (Å²) in [4.78, 5) is 30.1. The number of carbonyl (C=O) groups excluding carboxylic acids is 2. The summed E-state index contributed by atoms with van der Waals surface area (Å²) in [5.74, 6) is -0.0324. The number of ether oxygens (including phenoxy) is 2. The van der Waals surface area contributed by atoms with Gasteiger partial charge in [0.25, 0.3) is 0 Å². The first-order chi connectivity index (χ1) is 22.9. The Kier molecular flexibility index (Phi) is 33.9. The maximum absolute atomic E-state index is 12.7. The summed E-state index contributed by atoms with van der Waals surface area (Å²) in [5.41, 5.74) is 0. The van der Waals surface area contributed by atoms with E-state index in [-0.39, 0.29) is 24.1 Å². The first-order valence-electron chi connectivity index (χ1n) is 20.6. The molecule has 0 saturated carbocycles. The molecule has 0 aromatic heterocycles. The fourth-order valence-corrected chi connectivity index (χ4v) is 6.40. The number of likely N-dealkylation sites (N-methyl/N-ethyl adjacent to an activating group) is 2. The molecule has 280 valence electrons. The lowest BCUT2D eigenvalue weighted by molar-refractivity contribution is -0.151. The zero-order chi connectivity index (χ0) is 34.8. The largest absolute Gasteiger partial charge is 0.461 e. The van der Waals surface area contributed by atoms with Gasteiger partial charge in [0.2, 0.25) is 0 Å². The van der Waals surface area contributed by atoms with Gasteiger partial charge in [0.05, 0.1) is 0 Å². The van der Waals surface area contributed by atoms with E-state index in [2.05, 4.69) is 51.6 Å². The lowest BCUT2D eigenvalue weighted by Crippen LogP contribution is -2.36. The van der Waals surface area contributed by atoms with Crippen LogP contribution in [0.1, 0.15) is 201 Å². The van der Waals surface area contributed by atoms with Gasteiger partial charge in [0, 0.05) is 25.9 Å². The van der Waals surface area contributed by atoms with Crippen LogP contribution in [0.2, 0.25) is 0 Å². The van der Waals surface area contributed by atoms with Crippen molar-refractivity contribution in [2.75, 3.05) is 40.3 Å². The van der Waals surface area contributed by atoms with Gasteiger partial charge in [-0.05, 0) is 72.1 Å². The van der Waals surface area contributed by atoms with Crippen molar-refractivity contribution in [3.63, 3.8) is 0 Å². The molecule has 0 saturated heterocycles. The summed E-state index contributed by atoms with van der Waals surface area (Å²) in [7, 11) is 4.33. The Morgan fingerprint density at radius 1 is 0.426 bits per heavy atom. The SMILES string of the molecule is CCCCCCCCC(CN(C)CCCN(C)CC(CCCCCCCC)OC(=O)CCCCCCC)OC(=O)CCCCCCC. The van der Waals surface area contributed by atoms with Gasteiger partial charge >= 0.3 is 11.9 Å². The number of hydrogen-bond acceptors (Lipinski definition) is 6. The smallest absolute Gasteiger partial charge is 0.306 e. The third-order valence-corrected chi connectivity index (χ3v) is 9.43. The summed E-state index contributed by atoms with van der Waals surface area (Å²) in [5, 5.41) is 0. The third kappa shape index (κ3) is 31.9. The van der Waals surface area contributed by atoms with Gasteiger partial charge in [-0.1, -0.05) is 143 Å². The van der Waals surface area contributed by atoms with Crippen LogP contribution in [0.15, 0.2) is 0 Å². The van der Waals surface area contributed by atoms with Crippen molar-refractivity contribution in [2.24, 2.45) is 0 Å². The van der Waals surface area contributed by atoms with E-state index in [1.165, 1.54) is 103 Å². The van der Waals surface area contributed by atoms with Crippen molar-refractivity contribution in [3.05, 3.63) is 0 Å². The number of hydrogen-bond donors (Lipinski definition) is 0. The standard InChI is InChI=1S/C41H82N2O4/c1-7-11-15-19-23-25-30-38(46-40(44)32-27-21-17-13-9-3)36-42(5)34-29-35-43(6)37-39(31-26-24-20-16-12-8-2)47-41(45)33-28-22-18-14-10-4/h38-39H,7-37H2,1-6H3. The molecular weight excluding hydrogens is 584 g/mol. The molecule has 0 radical (unpaired) electrons. The molecule has 0 aromatic rings. The van der Waals surface area contributed by atoms with Crippen LogP contribution in [0, 0.1) is 0 Å². The molecule has 0 amide bonds. The normalized spacial score (nSPS) is 12.9. The second kappa shape index (κ2) is 34.7. The van der Waals surface area contributed by atoms with Gasteiger partial charge in [-0.3, -0.25) is 9.59 Å². The molecule has 0 N–H and O–H groups in total.